The highest BCUT2D eigenvalue weighted by molar-refractivity contribution is 8.09. The number of aliphatic hydroxyl groups excluding tert-OH is 3. The number of aliphatic hydroxyl groups is 3. The lowest BCUT2D eigenvalue weighted by Gasteiger charge is -2.28. The Morgan fingerprint density at radius 1 is 0.838 bits per heavy atom. The van der Waals surface area contributed by atoms with Gasteiger partial charge in [-0.05, 0) is 18.2 Å². The van der Waals surface area contributed by atoms with E-state index >= 15 is 0 Å². The Kier molecular flexibility index (Phi) is 16.4. The Hall–Kier alpha value is -4.16. The third-order valence-electron chi connectivity index (χ3n) is 12.0. The highest BCUT2D eigenvalue weighted by atomic mass is 32.5. The maximum atomic E-state index is 14.3. The Labute approximate surface area is 418 Å². The highest BCUT2D eigenvalue weighted by Gasteiger charge is 2.57. The number of fused-ring (bicyclic) bond motifs is 2. The molecule has 408 valence electrons. The van der Waals surface area contributed by atoms with E-state index in [9.17, 15) is 63.0 Å². The molecule has 16 atom stereocenters. The first-order valence-corrected chi connectivity index (χ1v) is 28.7. The molecule has 5 unspecified atom stereocenters. The van der Waals surface area contributed by atoms with Gasteiger partial charge in [0.15, 0.2) is 30.2 Å². The summed E-state index contributed by atoms with van der Waals surface area (Å²) >= 11 is 4.78. The monoisotopic (exact) mass is 1150 g/mol. The van der Waals surface area contributed by atoms with Gasteiger partial charge >= 0.3 is 41.3 Å². The maximum Gasteiger partial charge on any atom is 0.479 e. The van der Waals surface area contributed by atoms with Crippen LogP contribution in [0.25, 0.3) is 22.3 Å². The van der Waals surface area contributed by atoms with Crippen LogP contribution in [0, 0.1) is 5.92 Å². The van der Waals surface area contributed by atoms with Crippen molar-refractivity contribution in [2.24, 2.45) is 13.0 Å². The Morgan fingerprint density at radius 3 is 2.16 bits per heavy atom. The minimum absolute atomic E-state index is 0.0194. The van der Waals surface area contributed by atoms with Gasteiger partial charge in [-0.15, -0.1) is 0 Å². The van der Waals surface area contributed by atoms with Crippen LogP contribution in [-0.4, -0.2) is 168 Å². The van der Waals surface area contributed by atoms with E-state index in [1.165, 1.54) is 34.2 Å². The summed E-state index contributed by atoms with van der Waals surface area (Å²) in [6, 6.07) is 0.939. The second-order valence-corrected chi connectivity index (χ2v) is 24.7. The van der Waals surface area contributed by atoms with E-state index in [2.05, 4.69) is 33.5 Å². The van der Waals surface area contributed by atoms with Crippen LogP contribution >= 0.6 is 30.0 Å². The predicted molar refractivity (Wildman–Crippen MR) is 247 cm³/mol. The molecule has 0 spiro atoms. The number of anilines is 2. The number of aromatic nitrogens is 10. The molecule has 0 radical (unpaired) electrons. The fourth-order valence-corrected chi connectivity index (χ4v) is 15.5. The van der Waals surface area contributed by atoms with Gasteiger partial charge in [0.1, 0.15) is 54.1 Å². The molecule has 35 nitrogen and oxygen atoms in total. The number of rotatable bonds is 21. The second kappa shape index (κ2) is 21.7. The zero-order chi connectivity index (χ0) is 53.8. The fourth-order valence-electron chi connectivity index (χ4n) is 8.69. The van der Waals surface area contributed by atoms with Crippen molar-refractivity contribution in [2.75, 3.05) is 52.1 Å². The molecule has 3 saturated heterocycles. The van der Waals surface area contributed by atoms with Crippen molar-refractivity contribution in [1.29, 1.82) is 0 Å². The molecule has 3 aliphatic rings. The van der Waals surface area contributed by atoms with Gasteiger partial charge in [0.2, 0.25) is 11.7 Å². The molecule has 13 N–H and O–H groups in total. The van der Waals surface area contributed by atoms with Gasteiger partial charge in [-0.3, -0.25) is 46.9 Å². The highest BCUT2D eigenvalue weighted by Crippen LogP contribution is 2.68. The van der Waals surface area contributed by atoms with E-state index in [1.807, 2.05) is 4.98 Å². The van der Waals surface area contributed by atoms with Gasteiger partial charge in [-0.25, -0.2) is 42.1 Å². The molecule has 8 rings (SSSR count). The first-order valence-electron chi connectivity index (χ1n) is 21.4. The topological polar surface area (TPSA) is 490 Å². The average molecular weight is 1150 g/mol. The minimum Gasteiger partial charge on any atom is -0.387 e. The van der Waals surface area contributed by atoms with Crippen LogP contribution in [0.3, 0.4) is 0 Å². The number of aryl methyl sites for hydroxylation is 1. The number of hydrogen-bond acceptors (Lipinski definition) is 26. The summed E-state index contributed by atoms with van der Waals surface area (Å²) < 4.78 is 99.0. The van der Waals surface area contributed by atoms with Gasteiger partial charge in [-0.1, -0.05) is 4.98 Å². The van der Waals surface area contributed by atoms with Crippen LogP contribution in [0.15, 0.2) is 45.6 Å². The number of H-pyrrole nitrogens is 2. The summed E-state index contributed by atoms with van der Waals surface area (Å²) in [5.41, 5.74) is 7.57. The van der Waals surface area contributed by atoms with Crippen molar-refractivity contribution in [2.45, 2.75) is 73.5 Å². The molecule has 0 aromatic carbocycles. The van der Waals surface area contributed by atoms with Crippen LogP contribution in [0.1, 0.15) is 25.1 Å². The minimum atomic E-state index is -5.77. The number of ether oxygens (including phenoxy) is 5. The largest absolute Gasteiger partial charge is 0.479 e. The average Bonchev–Trinajstić information content (AvgIpc) is 4.12. The number of nitrogens with zero attached hydrogens (tertiary/aromatic N) is 8. The van der Waals surface area contributed by atoms with Crippen LogP contribution < -0.4 is 32.8 Å². The lowest BCUT2D eigenvalue weighted by atomic mass is 9.95. The van der Waals surface area contributed by atoms with E-state index in [1.54, 1.807) is 0 Å². The number of nitrogens with two attached hydrogens (primary N) is 2. The molecule has 5 aromatic heterocycles. The summed E-state index contributed by atoms with van der Waals surface area (Å²) in [6.07, 6.45) is -10.9. The van der Waals surface area contributed by atoms with Crippen LogP contribution in [-0.2, 0) is 78.4 Å². The Morgan fingerprint density at radius 2 is 1.50 bits per heavy atom. The first-order chi connectivity index (χ1) is 34.7. The Balaban J connectivity index is 0.959. The molecule has 0 bridgehead atoms. The summed E-state index contributed by atoms with van der Waals surface area (Å²) in [7, 11) is -12.6. The van der Waals surface area contributed by atoms with Crippen molar-refractivity contribution in [3.8, 4) is 0 Å². The first kappa shape index (κ1) is 56.1. The van der Waals surface area contributed by atoms with Gasteiger partial charge in [0, 0.05) is 39.0 Å². The number of aromatic amines is 2. The molecule has 0 saturated carbocycles. The predicted octanol–water partition coefficient (Wildman–Crippen LogP) is -3.40. The molecule has 8 heterocycles. The Bertz CT molecular complexity index is 3270. The molecule has 0 aliphatic carbocycles. The lowest BCUT2D eigenvalue weighted by Crippen LogP contribution is -2.45. The zero-order valence-corrected chi connectivity index (χ0v) is 42.8. The number of methoxy groups -OCH3 is 2. The molecule has 40 heteroatoms. The number of phosphoric ester groups is 2. The number of nitrogen functional groups attached to an aromatic ring is 2. The molecule has 3 fully saturated rings. The van der Waals surface area contributed by atoms with E-state index < -0.39 is 140 Å². The van der Waals surface area contributed by atoms with E-state index in [0.717, 1.165) is 36.6 Å². The molecule has 5 aromatic rings. The van der Waals surface area contributed by atoms with Crippen molar-refractivity contribution in [1.82, 2.24) is 43.6 Å². The normalized spacial score (nSPS) is 30.6. The summed E-state index contributed by atoms with van der Waals surface area (Å²) in [6.45, 7) is -8.31. The summed E-state index contributed by atoms with van der Waals surface area (Å²) in [4.78, 5) is 101. The van der Waals surface area contributed by atoms with Crippen LogP contribution in [0.5, 0.6) is 0 Å². The number of imidazole rings is 2. The fraction of sp³-hybridized carbons (Fsp3) is 0.588. The maximum absolute atomic E-state index is 14.3. The zero-order valence-electron chi connectivity index (χ0n) is 38.4. The van der Waals surface area contributed by atoms with Crippen molar-refractivity contribution in [3.63, 3.8) is 0 Å². The van der Waals surface area contributed by atoms with Gasteiger partial charge in [0.25, 0.3) is 17.1 Å². The van der Waals surface area contributed by atoms with Crippen molar-refractivity contribution < 1.29 is 99.0 Å². The third-order valence-corrected chi connectivity index (χ3v) is 19.3. The quantitative estimate of drug-likeness (QED) is 0.0252. The standard InChI is InChI=1S/C34H48N12O23P4S/c1-43-13-46(28-20(43)29(51)42-33(36)41-28)30-21(48)14(5-7-60-2)15(65-30)8-63-71(55,56)68-73(59,74)69-72(57,58)64-10-17-25(24(61-3)32(67-17)45-12-39-19-26(35)37-11-38-27(19)45)70(53,54)62-9-16-22(49)23(50)31(66-16)44-6-4-18(47)40-34(44)52/h4,6,11-17,21-25,30-32,48-50H,5,7-10H2,1-3H3,(H9-,35,36,37,38,40,41,42,47,51,52,53,54,55,56,57,58,59,74)/p+1/t14-,15-,16-,17?,21-,22-,23-,24-,25-,30-,31-,32-,73?/m1/s1. The molecule has 74 heavy (non-hydrogen) atoms. The van der Waals surface area contributed by atoms with Gasteiger partial charge in [-0.2, -0.15) is 0 Å². The molecule has 3 aliphatic heterocycles. The third kappa shape index (κ3) is 11.6. The molecular weight excluding hydrogens is 1100 g/mol. The summed E-state index contributed by atoms with van der Waals surface area (Å²) in [5.74, 6) is -1.20. The van der Waals surface area contributed by atoms with Gasteiger partial charge < -0.3 is 74.6 Å². The number of phosphoric acid groups is 2. The van der Waals surface area contributed by atoms with E-state index in [0.29, 0.717) is 0 Å². The lowest BCUT2D eigenvalue weighted by molar-refractivity contribution is -0.745. The van der Waals surface area contributed by atoms with Crippen LogP contribution in [0.2, 0.25) is 0 Å². The SMILES string of the molecule is COCC[C@H]1[C@@H](O)[C@H]([n+]2cn(C)c3c(=O)[nH]c(N)nc32)O[C@@H]1COP(=O)(O)OP(O)(=S)OP(=O)(O)OCC1O[C@@H](n2cnc3c(N)ncnc32)[C@H](OC)[C@@H]1P(=O)(O)OC[C@H]1O[C@@H](n2ccc(=O)[nH]c2=O)[C@H](O)[C@@H]1O. The second-order valence-electron chi connectivity index (χ2n) is 16.7. The van der Waals surface area contributed by atoms with Crippen molar-refractivity contribution in [3.05, 3.63) is 62.4 Å². The molecular formula is C34H49N12O23P4S+. The van der Waals surface area contributed by atoms with Crippen molar-refractivity contribution >= 4 is 75.9 Å². The van der Waals surface area contributed by atoms with E-state index in [-0.39, 0.29) is 47.1 Å². The van der Waals surface area contributed by atoms with Gasteiger partial charge in [0.05, 0.1) is 39.3 Å². The number of hydrogen-bond donors (Lipinski definition) is 11. The summed E-state index contributed by atoms with van der Waals surface area (Å²) in [5, 5.41) is 32.9. The van der Waals surface area contributed by atoms with Crippen LogP contribution in [0.4, 0.5) is 11.8 Å². The smallest absolute Gasteiger partial charge is 0.387 e. The number of nitrogens with one attached hydrogen (secondary N) is 2. The van der Waals surface area contributed by atoms with E-state index in [4.69, 9.17) is 60.5 Å². The molecule has 0 amide bonds.